The van der Waals surface area contributed by atoms with E-state index in [4.69, 9.17) is 15.2 Å². The van der Waals surface area contributed by atoms with Crippen molar-refractivity contribution in [3.63, 3.8) is 0 Å². The summed E-state index contributed by atoms with van der Waals surface area (Å²) in [6, 6.07) is 15.6. The second kappa shape index (κ2) is 11.5. The number of amides is 3. The topological polar surface area (TPSA) is 111 Å². The van der Waals surface area contributed by atoms with Gasteiger partial charge in [0.2, 0.25) is 11.8 Å². The number of nitrogens with one attached hydrogen (secondary N) is 1. The molecule has 1 atom stereocenters. The summed E-state index contributed by atoms with van der Waals surface area (Å²) in [4.78, 5) is 37.8. The molecular formula is C22H27N3O5. The second-order valence-corrected chi connectivity index (χ2v) is 6.81. The molecule has 2 aromatic carbocycles. The first kappa shape index (κ1) is 22.7. The average molecular weight is 413 g/mol. The Morgan fingerprint density at radius 1 is 1.07 bits per heavy atom. The molecule has 8 nitrogen and oxygen atoms in total. The molecule has 0 bridgehead atoms. The van der Waals surface area contributed by atoms with E-state index in [1.54, 1.807) is 14.2 Å². The van der Waals surface area contributed by atoms with Gasteiger partial charge in [0.1, 0.15) is 18.4 Å². The van der Waals surface area contributed by atoms with E-state index >= 15 is 0 Å². The largest absolute Gasteiger partial charge is 0.497 e. The summed E-state index contributed by atoms with van der Waals surface area (Å²) in [7, 11) is 3.19. The minimum absolute atomic E-state index is 0.0393. The minimum atomic E-state index is -0.934. The summed E-state index contributed by atoms with van der Waals surface area (Å²) in [5.74, 6) is -0.223. The lowest BCUT2D eigenvalue weighted by Crippen LogP contribution is -2.47. The van der Waals surface area contributed by atoms with Crippen LogP contribution in [0.25, 0.3) is 0 Å². The van der Waals surface area contributed by atoms with Gasteiger partial charge in [-0.2, -0.15) is 0 Å². The van der Waals surface area contributed by atoms with E-state index in [1.807, 2.05) is 54.6 Å². The number of rotatable bonds is 10. The normalized spacial score (nSPS) is 11.3. The van der Waals surface area contributed by atoms with Gasteiger partial charge in [-0.15, -0.1) is 0 Å². The van der Waals surface area contributed by atoms with Crippen LogP contribution in [0.3, 0.4) is 0 Å². The van der Waals surface area contributed by atoms with Crippen LogP contribution in [-0.4, -0.2) is 43.0 Å². The maximum absolute atomic E-state index is 12.9. The number of alkyl carbamates (subject to hydrolysis) is 1. The molecule has 0 heterocycles. The van der Waals surface area contributed by atoms with Gasteiger partial charge in [0.15, 0.2) is 0 Å². The number of nitrogens with zero attached hydrogens (tertiary/aromatic N) is 1. The Morgan fingerprint density at radius 3 is 2.43 bits per heavy atom. The van der Waals surface area contributed by atoms with Crippen LogP contribution >= 0.6 is 0 Å². The van der Waals surface area contributed by atoms with Crippen molar-refractivity contribution in [2.24, 2.45) is 5.73 Å². The van der Waals surface area contributed by atoms with Gasteiger partial charge in [-0.1, -0.05) is 42.5 Å². The van der Waals surface area contributed by atoms with Gasteiger partial charge in [0.25, 0.3) is 0 Å². The summed E-state index contributed by atoms with van der Waals surface area (Å²) in [6.45, 7) is 0.382. The van der Waals surface area contributed by atoms with Crippen LogP contribution in [0, 0.1) is 0 Å². The Hall–Kier alpha value is -3.55. The third kappa shape index (κ3) is 7.46. The van der Waals surface area contributed by atoms with E-state index in [-0.39, 0.29) is 25.4 Å². The first-order valence-corrected chi connectivity index (χ1v) is 9.52. The van der Waals surface area contributed by atoms with Gasteiger partial charge in [-0.05, 0) is 29.7 Å². The lowest BCUT2D eigenvalue weighted by Gasteiger charge is -2.24. The molecule has 2 rings (SSSR count). The lowest BCUT2D eigenvalue weighted by molar-refractivity contribution is -0.132. The van der Waals surface area contributed by atoms with Crippen molar-refractivity contribution in [2.75, 3.05) is 14.2 Å². The van der Waals surface area contributed by atoms with Gasteiger partial charge >= 0.3 is 6.09 Å². The monoisotopic (exact) mass is 413 g/mol. The maximum atomic E-state index is 12.9. The maximum Gasteiger partial charge on any atom is 0.408 e. The number of primary amides is 1. The molecular weight excluding hydrogens is 386 g/mol. The van der Waals surface area contributed by atoms with E-state index in [2.05, 4.69) is 5.32 Å². The third-order valence-electron chi connectivity index (χ3n) is 4.41. The molecule has 0 fully saturated rings. The van der Waals surface area contributed by atoms with Crippen molar-refractivity contribution in [1.82, 2.24) is 10.2 Å². The van der Waals surface area contributed by atoms with E-state index in [0.29, 0.717) is 12.3 Å². The SMILES string of the molecule is COc1cccc(CN(C)C(=O)C(CCC(N)=O)NC(=O)OCc2ccccc2)c1. The predicted molar refractivity (Wildman–Crippen MR) is 111 cm³/mol. The zero-order chi connectivity index (χ0) is 21.9. The summed E-state index contributed by atoms with van der Waals surface area (Å²) < 4.78 is 10.4. The molecule has 0 saturated carbocycles. The van der Waals surface area contributed by atoms with Gasteiger partial charge in [0.05, 0.1) is 7.11 Å². The zero-order valence-corrected chi connectivity index (χ0v) is 17.2. The highest BCUT2D eigenvalue weighted by Crippen LogP contribution is 2.15. The van der Waals surface area contributed by atoms with Gasteiger partial charge < -0.3 is 25.4 Å². The van der Waals surface area contributed by atoms with Crippen molar-refractivity contribution in [3.05, 3.63) is 65.7 Å². The smallest absolute Gasteiger partial charge is 0.408 e. The number of hydrogen-bond acceptors (Lipinski definition) is 5. The van der Waals surface area contributed by atoms with Crippen LogP contribution in [0.1, 0.15) is 24.0 Å². The molecule has 0 aromatic heterocycles. The molecule has 3 amide bonds. The van der Waals surface area contributed by atoms with Gasteiger partial charge in [-0.3, -0.25) is 9.59 Å². The number of nitrogens with two attached hydrogens (primary N) is 1. The molecule has 3 N–H and O–H groups in total. The van der Waals surface area contributed by atoms with E-state index in [9.17, 15) is 14.4 Å². The van der Waals surface area contributed by atoms with Crippen LogP contribution in [0.4, 0.5) is 4.79 Å². The van der Waals surface area contributed by atoms with Crippen molar-refractivity contribution < 1.29 is 23.9 Å². The summed E-state index contributed by atoms with van der Waals surface area (Å²) in [5.41, 5.74) is 6.90. The Balaban J connectivity index is 1.99. The molecule has 0 saturated heterocycles. The van der Waals surface area contributed by atoms with Crippen LogP contribution in [0.2, 0.25) is 0 Å². The van der Waals surface area contributed by atoms with Gasteiger partial charge in [0, 0.05) is 20.0 Å². The minimum Gasteiger partial charge on any atom is -0.497 e. The fourth-order valence-electron chi connectivity index (χ4n) is 2.84. The number of benzene rings is 2. The standard InChI is InChI=1S/C22H27N3O5/c1-25(14-17-9-6-10-18(13-17)29-2)21(27)19(11-12-20(23)26)24-22(28)30-15-16-7-4-3-5-8-16/h3-10,13,19H,11-12,14-15H2,1-2H3,(H2,23,26)(H,24,28). The number of hydrogen-bond donors (Lipinski definition) is 2. The molecule has 8 heteroatoms. The molecule has 0 radical (unpaired) electrons. The predicted octanol–water partition coefficient (Wildman–Crippen LogP) is 2.21. The lowest BCUT2D eigenvalue weighted by atomic mass is 10.1. The molecule has 0 aliphatic carbocycles. The quantitative estimate of drug-likeness (QED) is 0.620. The van der Waals surface area contributed by atoms with Crippen molar-refractivity contribution in [1.29, 1.82) is 0 Å². The highest BCUT2D eigenvalue weighted by Gasteiger charge is 2.25. The van der Waals surface area contributed by atoms with Gasteiger partial charge in [-0.25, -0.2) is 4.79 Å². The van der Waals surface area contributed by atoms with Crippen LogP contribution < -0.4 is 15.8 Å². The Morgan fingerprint density at radius 2 is 1.77 bits per heavy atom. The molecule has 0 aliphatic heterocycles. The van der Waals surface area contributed by atoms with Crippen LogP contribution in [0.15, 0.2) is 54.6 Å². The van der Waals surface area contributed by atoms with Crippen molar-refractivity contribution in [2.45, 2.75) is 32.0 Å². The summed E-state index contributed by atoms with van der Waals surface area (Å²) in [6.07, 6.45) is -0.698. The molecule has 0 spiro atoms. The highest BCUT2D eigenvalue weighted by atomic mass is 16.5. The van der Waals surface area contributed by atoms with Crippen molar-refractivity contribution >= 4 is 17.9 Å². The van der Waals surface area contributed by atoms with Crippen LogP contribution in [-0.2, 0) is 27.5 Å². The van der Waals surface area contributed by atoms with E-state index in [1.165, 1.54) is 4.90 Å². The Labute approximate surface area is 175 Å². The number of carbonyl (C=O) groups is 3. The number of methoxy groups -OCH3 is 1. The fourth-order valence-corrected chi connectivity index (χ4v) is 2.84. The number of carbonyl (C=O) groups excluding carboxylic acids is 3. The molecule has 2 aromatic rings. The summed E-state index contributed by atoms with van der Waals surface area (Å²) >= 11 is 0. The summed E-state index contributed by atoms with van der Waals surface area (Å²) in [5, 5.41) is 2.55. The van der Waals surface area contributed by atoms with E-state index in [0.717, 1.165) is 11.1 Å². The highest BCUT2D eigenvalue weighted by molar-refractivity contribution is 5.86. The molecule has 0 aliphatic rings. The first-order valence-electron chi connectivity index (χ1n) is 9.52. The van der Waals surface area contributed by atoms with Crippen LogP contribution in [0.5, 0.6) is 5.75 Å². The van der Waals surface area contributed by atoms with Crippen molar-refractivity contribution in [3.8, 4) is 5.75 Å². The Kier molecular flexibility index (Phi) is 8.68. The number of likely N-dealkylation sites (N-methyl/N-ethyl adjacent to an activating group) is 1. The first-order chi connectivity index (χ1) is 14.4. The second-order valence-electron chi connectivity index (χ2n) is 6.81. The third-order valence-corrected chi connectivity index (χ3v) is 4.41. The fraction of sp³-hybridized carbons (Fsp3) is 0.318. The van der Waals surface area contributed by atoms with E-state index < -0.39 is 18.0 Å². The molecule has 1 unspecified atom stereocenters. The molecule has 160 valence electrons. The Bertz CT molecular complexity index is 857. The molecule has 30 heavy (non-hydrogen) atoms. The number of ether oxygens (including phenoxy) is 2. The zero-order valence-electron chi connectivity index (χ0n) is 17.2. The average Bonchev–Trinajstić information content (AvgIpc) is 2.75.